The first-order chi connectivity index (χ1) is 8.21. The summed E-state index contributed by atoms with van der Waals surface area (Å²) < 4.78 is 0. The molecule has 4 nitrogen and oxygen atoms in total. The van der Waals surface area contributed by atoms with Crippen molar-refractivity contribution in [1.29, 1.82) is 5.26 Å². The molecule has 0 spiro atoms. The third-order valence-corrected chi connectivity index (χ3v) is 4.40. The van der Waals surface area contributed by atoms with E-state index in [-0.39, 0.29) is 29.1 Å². The number of hydrogen-bond acceptors (Lipinski definition) is 3. The normalized spacial score (nSPS) is 21.5. The average molecular weight is 248 g/mol. The lowest BCUT2D eigenvalue weighted by Gasteiger charge is -2.09. The Morgan fingerprint density at radius 2 is 1.89 bits per heavy atom. The van der Waals surface area contributed by atoms with Crippen LogP contribution in [0.4, 0.5) is 0 Å². The Kier molecular flexibility index (Phi) is 3.66. The molecule has 0 aliphatic heterocycles. The van der Waals surface area contributed by atoms with Gasteiger partial charge in [0.05, 0.1) is 6.07 Å². The number of hydrogen-bond donors (Lipinski definition) is 1. The molecule has 0 aromatic carbocycles. The molecular weight excluding hydrogens is 228 g/mol. The Morgan fingerprint density at radius 1 is 1.39 bits per heavy atom. The molecule has 0 aromatic rings. The van der Waals surface area contributed by atoms with Gasteiger partial charge in [-0.25, -0.2) is 0 Å². The lowest BCUT2D eigenvalue weighted by Crippen LogP contribution is -2.36. The smallest absolute Gasteiger partial charge is 0.245 e. The van der Waals surface area contributed by atoms with Crippen molar-refractivity contribution in [2.24, 2.45) is 22.7 Å². The van der Waals surface area contributed by atoms with Crippen LogP contribution in [0.15, 0.2) is 12.7 Å². The van der Waals surface area contributed by atoms with Crippen molar-refractivity contribution in [3.8, 4) is 6.07 Å². The second-order valence-electron chi connectivity index (χ2n) is 5.87. The third-order valence-electron chi connectivity index (χ3n) is 4.40. The highest BCUT2D eigenvalue weighted by atomic mass is 16.2. The van der Waals surface area contributed by atoms with Crippen molar-refractivity contribution in [2.75, 3.05) is 6.54 Å². The van der Waals surface area contributed by atoms with Gasteiger partial charge in [-0.3, -0.25) is 9.59 Å². The summed E-state index contributed by atoms with van der Waals surface area (Å²) in [6, 6.07) is 1.81. The van der Waals surface area contributed by atoms with Crippen LogP contribution in [0.25, 0.3) is 0 Å². The Balaban J connectivity index is 2.81. The van der Waals surface area contributed by atoms with Crippen LogP contribution in [0.1, 0.15) is 27.7 Å². The summed E-state index contributed by atoms with van der Waals surface area (Å²) in [4.78, 5) is 24.0. The van der Waals surface area contributed by atoms with E-state index < -0.39 is 11.8 Å². The van der Waals surface area contributed by atoms with Gasteiger partial charge in [-0.1, -0.05) is 33.8 Å². The predicted octanol–water partition coefficient (Wildman–Crippen LogP) is 1.68. The molecule has 0 saturated heterocycles. The van der Waals surface area contributed by atoms with Gasteiger partial charge in [-0.05, 0) is 10.8 Å². The van der Waals surface area contributed by atoms with Crippen molar-refractivity contribution in [3.05, 3.63) is 12.7 Å². The van der Waals surface area contributed by atoms with Gasteiger partial charge >= 0.3 is 0 Å². The second-order valence-corrected chi connectivity index (χ2v) is 5.87. The van der Waals surface area contributed by atoms with E-state index in [1.54, 1.807) is 0 Å². The molecule has 98 valence electrons. The molecule has 18 heavy (non-hydrogen) atoms. The lowest BCUT2D eigenvalue weighted by molar-refractivity contribution is -0.132. The minimum Gasteiger partial charge on any atom is -0.351 e. The number of Topliss-reactive ketones (excluding diaryl/α,β-unsaturated/α-hetero) is 1. The minimum absolute atomic E-state index is 0.155. The number of carbonyl (C=O) groups excluding carboxylic acids is 2. The predicted molar refractivity (Wildman–Crippen MR) is 68.4 cm³/mol. The zero-order chi connectivity index (χ0) is 14.1. The van der Waals surface area contributed by atoms with Crippen molar-refractivity contribution in [1.82, 2.24) is 5.32 Å². The van der Waals surface area contributed by atoms with Gasteiger partial charge in [0.2, 0.25) is 5.91 Å². The Hall–Kier alpha value is -1.63. The van der Waals surface area contributed by atoms with Crippen molar-refractivity contribution >= 4 is 11.7 Å². The largest absolute Gasteiger partial charge is 0.351 e. The van der Waals surface area contributed by atoms with Gasteiger partial charge < -0.3 is 5.32 Å². The topological polar surface area (TPSA) is 70.0 Å². The van der Waals surface area contributed by atoms with Crippen LogP contribution < -0.4 is 5.32 Å². The Bertz CT molecular complexity index is 416. The number of rotatable bonds is 5. The molecule has 1 rings (SSSR count). The molecule has 1 aliphatic rings. The second kappa shape index (κ2) is 4.56. The van der Waals surface area contributed by atoms with Crippen LogP contribution in [0, 0.1) is 34.0 Å². The summed E-state index contributed by atoms with van der Waals surface area (Å²) in [6.07, 6.45) is 1.52. The molecule has 1 amide bonds. The fourth-order valence-corrected chi connectivity index (χ4v) is 2.60. The van der Waals surface area contributed by atoms with E-state index in [1.807, 2.05) is 33.8 Å². The van der Waals surface area contributed by atoms with Crippen LogP contribution in [0.2, 0.25) is 0 Å². The SMILES string of the molecule is C=CCNC(=O)C(C#N)C(=O)C1C(C)(C)C1(C)C. The number of carbonyl (C=O) groups is 2. The lowest BCUT2D eigenvalue weighted by atomic mass is 9.96. The summed E-state index contributed by atoms with van der Waals surface area (Å²) in [5.41, 5.74) is -0.310. The Labute approximate surface area is 108 Å². The van der Waals surface area contributed by atoms with Crippen LogP contribution in [0.5, 0.6) is 0 Å². The molecule has 4 heteroatoms. The zero-order valence-electron chi connectivity index (χ0n) is 11.4. The van der Waals surface area contributed by atoms with E-state index >= 15 is 0 Å². The number of nitrogens with one attached hydrogen (secondary N) is 1. The summed E-state index contributed by atoms with van der Waals surface area (Å²) in [5.74, 6) is -2.24. The first-order valence-electron chi connectivity index (χ1n) is 6.03. The number of nitrogens with zero attached hydrogens (tertiary/aromatic N) is 1. The molecule has 1 N–H and O–H groups in total. The maximum absolute atomic E-state index is 12.3. The van der Waals surface area contributed by atoms with Crippen molar-refractivity contribution < 1.29 is 9.59 Å². The molecule has 0 heterocycles. The Morgan fingerprint density at radius 3 is 2.22 bits per heavy atom. The maximum Gasteiger partial charge on any atom is 0.245 e. The molecule has 1 fully saturated rings. The minimum atomic E-state index is -1.21. The van der Waals surface area contributed by atoms with Gasteiger partial charge in [0.15, 0.2) is 11.7 Å². The molecule has 1 unspecified atom stereocenters. The highest BCUT2D eigenvalue weighted by Crippen LogP contribution is 2.69. The molecule has 0 aromatic heterocycles. The summed E-state index contributed by atoms with van der Waals surface area (Å²) in [7, 11) is 0. The standard InChI is InChI=1S/C14H20N2O2/c1-6-7-16-12(18)9(8-15)10(17)11-13(2,3)14(11,4)5/h6,9,11H,1,7H2,2-5H3,(H,16,18). The van der Waals surface area contributed by atoms with Gasteiger partial charge in [-0.15, -0.1) is 6.58 Å². The quantitative estimate of drug-likeness (QED) is 0.594. The molecular formula is C14H20N2O2. The average Bonchev–Trinajstić information content (AvgIpc) is 2.67. The highest BCUT2D eigenvalue weighted by molar-refractivity contribution is 6.06. The number of ketones is 1. The zero-order valence-corrected chi connectivity index (χ0v) is 11.4. The van der Waals surface area contributed by atoms with Gasteiger partial charge in [0.25, 0.3) is 0 Å². The van der Waals surface area contributed by atoms with E-state index in [0.717, 1.165) is 0 Å². The van der Waals surface area contributed by atoms with Gasteiger partial charge in [0.1, 0.15) is 0 Å². The van der Waals surface area contributed by atoms with E-state index in [0.29, 0.717) is 0 Å². The van der Waals surface area contributed by atoms with Crippen LogP contribution in [-0.2, 0) is 9.59 Å². The van der Waals surface area contributed by atoms with E-state index in [4.69, 9.17) is 5.26 Å². The monoisotopic (exact) mass is 248 g/mol. The van der Waals surface area contributed by atoms with E-state index in [9.17, 15) is 9.59 Å². The summed E-state index contributed by atoms with van der Waals surface area (Å²) >= 11 is 0. The fourth-order valence-electron chi connectivity index (χ4n) is 2.60. The highest BCUT2D eigenvalue weighted by Gasteiger charge is 2.69. The van der Waals surface area contributed by atoms with E-state index in [2.05, 4.69) is 11.9 Å². The van der Waals surface area contributed by atoms with Gasteiger partial charge in [-0.2, -0.15) is 5.26 Å². The van der Waals surface area contributed by atoms with Crippen LogP contribution in [0.3, 0.4) is 0 Å². The van der Waals surface area contributed by atoms with E-state index in [1.165, 1.54) is 6.08 Å². The van der Waals surface area contributed by atoms with Gasteiger partial charge in [0, 0.05) is 12.5 Å². The first kappa shape index (κ1) is 14.4. The third kappa shape index (κ3) is 2.05. The van der Waals surface area contributed by atoms with Crippen molar-refractivity contribution in [3.63, 3.8) is 0 Å². The molecule has 1 aliphatic carbocycles. The molecule has 0 bridgehead atoms. The fraction of sp³-hybridized carbons (Fsp3) is 0.643. The molecule has 1 atom stereocenters. The van der Waals surface area contributed by atoms with Crippen LogP contribution >= 0.6 is 0 Å². The summed E-state index contributed by atoms with van der Waals surface area (Å²) in [6.45, 7) is 11.7. The van der Waals surface area contributed by atoms with Crippen molar-refractivity contribution in [2.45, 2.75) is 27.7 Å². The molecule has 0 radical (unpaired) electrons. The molecule has 1 saturated carbocycles. The maximum atomic E-state index is 12.3. The van der Waals surface area contributed by atoms with Crippen LogP contribution in [-0.4, -0.2) is 18.2 Å². The number of amides is 1. The first-order valence-corrected chi connectivity index (χ1v) is 6.03. The number of nitriles is 1. The summed E-state index contributed by atoms with van der Waals surface area (Å²) in [5, 5.41) is 11.5.